The van der Waals surface area contributed by atoms with Gasteiger partial charge in [0.05, 0.1) is 11.4 Å². The van der Waals surface area contributed by atoms with Gasteiger partial charge in [0.2, 0.25) is 0 Å². The first-order valence-electron chi connectivity index (χ1n) is 6.41. The third-order valence-electron chi connectivity index (χ3n) is 3.38. The molecular formula is C14H16N4O. The minimum Gasteiger partial charge on any atom is -0.383 e. The van der Waals surface area contributed by atoms with E-state index in [9.17, 15) is 4.79 Å². The predicted molar refractivity (Wildman–Crippen MR) is 74.4 cm³/mol. The summed E-state index contributed by atoms with van der Waals surface area (Å²) in [5.74, 6) is -0.138. The average Bonchev–Trinajstić information content (AvgIpc) is 2.85. The van der Waals surface area contributed by atoms with Gasteiger partial charge in [-0.2, -0.15) is 5.10 Å². The van der Waals surface area contributed by atoms with Crippen LogP contribution in [-0.4, -0.2) is 22.2 Å². The smallest absolute Gasteiger partial charge is 0.273 e. The van der Waals surface area contributed by atoms with E-state index < -0.39 is 0 Å². The Hall–Kier alpha value is -2.30. The van der Waals surface area contributed by atoms with Crippen LogP contribution in [0.3, 0.4) is 0 Å². The van der Waals surface area contributed by atoms with Gasteiger partial charge in [-0.05, 0) is 30.5 Å². The van der Waals surface area contributed by atoms with E-state index in [0.717, 1.165) is 30.8 Å². The lowest BCUT2D eigenvalue weighted by Gasteiger charge is -2.21. The van der Waals surface area contributed by atoms with Gasteiger partial charge in [-0.15, -0.1) is 0 Å². The van der Waals surface area contributed by atoms with Crippen LogP contribution in [0, 0.1) is 0 Å². The fraction of sp³-hybridized carbons (Fsp3) is 0.286. The quantitative estimate of drug-likeness (QED) is 0.864. The molecule has 2 aromatic rings. The number of carbonyl (C=O) groups excluding carboxylic acids is 1. The molecule has 19 heavy (non-hydrogen) atoms. The van der Waals surface area contributed by atoms with Gasteiger partial charge in [-0.3, -0.25) is 9.48 Å². The Morgan fingerprint density at radius 3 is 3.11 bits per heavy atom. The summed E-state index contributed by atoms with van der Waals surface area (Å²) in [5.41, 5.74) is 3.69. The number of aryl methyl sites for hydroxylation is 2. The number of carbonyl (C=O) groups is 1. The van der Waals surface area contributed by atoms with Gasteiger partial charge in [0, 0.05) is 19.8 Å². The first-order chi connectivity index (χ1) is 9.25. The first kappa shape index (κ1) is 11.8. The fourth-order valence-corrected chi connectivity index (χ4v) is 2.40. The summed E-state index contributed by atoms with van der Waals surface area (Å²) >= 11 is 0. The number of nitrogens with zero attached hydrogens (tertiary/aromatic N) is 2. The number of rotatable bonds is 2. The highest BCUT2D eigenvalue weighted by Crippen LogP contribution is 2.30. The number of anilines is 2. The van der Waals surface area contributed by atoms with Crippen molar-refractivity contribution >= 4 is 17.3 Å². The van der Waals surface area contributed by atoms with Crippen LogP contribution in [0.5, 0.6) is 0 Å². The monoisotopic (exact) mass is 256 g/mol. The van der Waals surface area contributed by atoms with Crippen LogP contribution in [0.2, 0.25) is 0 Å². The van der Waals surface area contributed by atoms with Gasteiger partial charge in [-0.1, -0.05) is 12.1 Å². The van der Waals surface area contributed by atoms with Crippen LogP contribution in [0.15, 0.2) is 30.5 Å². The third kappa shape index (κ3) is 2.19. The summed E-state index contributed by atoms with van der Waals surface area (Å²) in [5, 5.41) is 10.3. The number of benzene rings is 1. The van der Waals surface area contributed by atoms with Gasteiger partial charge >= 0.3 is 0 Å². The Morgan fingerprint density at radius 2 is 2.32 bits per heavy atom. The molecule has 1 aromatic heterocycles. The number of hydrogen-bond acceptors (Lipinski definition) is 3. The number of para-hydroxylation sites is 1. The Morgan fingerprint density at radius 1 is 1.42 bits per heavy atom. The molecular weight excluding hydrogens is 240 g/mol. The normalized spacial score (nSPS) is 13.5. The molecule has 2 heterocycles. The van der Waals surface area contributed by atoms with Gasteiger partial charge in [0.1, 0.15) is 5.69 Å². The minimum absolute atomic E-state index is 0.138. The van der Waals surface area contributed by atoms with Crippen LogP contribution in [0.25, 0.3) is 0 Å². The zero-order valence-corrected chi connectivity index (χ0v) is 10.8. The van der Waals surface area contributed by atoms with Crippen LogP contribution in [-0.2, 0) is 13.5 Å². The van der Waals surface area contributed by atoms with Crippen LogP contribution < -0.4 is 10.6 Å². The van der Waals surface area contributed by atoms with Crippen molar-refractivity contribution < 1.29 is 4.79 Å². The maximum atomic E-state index is 12.2. The Kier molecular flexibility index (Phi) is 2.95. The van der Waals surface area contributed by atoms with E-state index in [4.69, 9.17) is 0 Å². The molecule has 5 nitrogen and oxygen atoms in total. The molecule has 1 amide bonds. The number of nitrogens with one attached hydrogen (secondary N) is 2. The molecule has 1 aliphatic heterocycles. The zero-order chi connectivity index (χ0) is 13.2. The fourth-order valence-electron chi connectivity index (χ4n) is 2.40. The largest absolute Gasteiger partial charge is 0.383 e. The molecule has 0 atom stereocenters. The third-order valence-corrected chi connectivity index (χ3v) is 3.38. The van der Waals surface area contributed by atoms with Crippen molar-refractivity contribution in [3.05, 3.63) is 41.7 Å². The highest BCUT2D eigenvalue weighted by atomic mass is 16.2. The highest BCUT2D eigenvalue weighted by Gasteiger charge is 2.16. The molecule has 0 radical (unpaired) electrons. The second-order valence-corrected chi connectivity index (χ2v) is 4.66. The lowest BCUT2D eigenvalue weighted by molar-refractivity contribution is 0.101. The van der Waals surface area contributed by atoms with Crippen molar-refractivity contribution in [1.29, 1.82) is 0 Å². The molecule has 0 saturated carbocycles. The van der Waals surface area contributed by atoms with E-state index in [1.807, 2.05) is 12.1 Å². The number of aromatic nitrogens is 2. The Balaban J connectivity index is 1.88. The van der Waals surface area contributed by atoms with Gasteiger partial charge in [-0.25, -0.2) is 0 Å². The summed E-state index contributed by atoms with van der Waals surface area (Å²) < 4.78 is 1.57. The number of hydrogen-bond donors (Lipinski definition) is 2. The first-order valence-corrected chi connectivity index (χ1v) is 6.41. The van der Waals surface area contributed by atoms with Crippen LogP contribution in [0.1, 0.15) is 22.5 Å². The lowest BCUT2D eigenvalue weighted by atomic mass is 10.0. The maximum Gasteiger partial charge on any atom is 0.273 e. The molecule has 5 heteroatoms. The summed E-state index contributed by atoms with van der Waals surface area (Å²) in [4.78, 5) is 12.2. The standard InChI is InChI=1S/C14H16N4O/c1-18-12(7-9-16-18)14(19)17-11-6-2-4-10-5-3-8-15-13(10)11/h2,4,6-7,9,15H,3,5,8H2,1H3,(H,17,19). The van der Waals surface area contributed by atoms with Crippen LogP contribution >= 0.6 is 0 Å². The average molecular weight is 256 g/mol. The summed E-state index contributed by atoms with van der Waals surface area (Å²) in [6, 6.07) is 7.70. The molecule has 0 unspecified atom stereocenters. The zero-order valence-electron chi connectivity index (χ0n) is 10.8. The van der Waals surface area contributed by atoms with Gasteiger partial charge in [0.25, 0.3) is 5.91 Å². The van der Waals surface area contributed by atoms with E-state index in [1.54, 1.807) is 24.0 Å². The molecule has 0 saturated heterocycles. The highest BCUT2D eigenvalue weighted by molar-refractivity contribution is 6.05. The van der Waals surface area contributed by atoms with Crippen molar-refractivity contribution in [3.8, 4) is 0 Å². The van der Waals surface area contributed by atoms with Gasteiger partial charge in [0.15, 0.2) is 0 Å². The van der Waals surface area contributed by atoms with Crippen molar-refractivity contribution in [2.24, 2.45) is 7.05 Å². The van der Waals surface area contributed by atoms with E-state index in [2.05, 4.69) is 21.8 Å². The van der Waals surface area contributed by atoms with Crippen molar-refractivity contribution in [3.63, 3.8) is 0 Å². The molecule has 1 aliphatic rings. The van der Waals surface area contributed by atoms with Gasteiger partial charge < -0.3 is 10.6 Å². The van der Waals surface area contributed by atoms with Crippen molar-refractivity contribution in [2.75, 3.05) is 17.2 Å². The SMILES string of the molecule is Cn1nccc1C(=O)Nc1cccc2c1NCCC2. The second kappa shape index (κ2) is 4.76. The van der Waals surface area contributed by atoms with E-state index >= 15 is 0 Å². The molecule has 2 N–H and O–H groups in total. The minimum atomic E-state index is -0.138. The summed E-state index contributed by atoms with van der Waals surface area (Å²) in [6.07, 6.45) is 3.80. The number of amides is 1. The Labute approximate surface area is 111 Å². The van der Waals surface area contributed by atoms with E-state index in [1.165, 1.54) is 5.56 Å². The van der Waals surface area contributed by atoms with E-state index in [-0.39, 0.29) is 5.91 Å². The topological polar surface area (TPSA) is 59.0 Å². The second-order valence-electron chi connectivity index (χ2n) is 4.66. The molecule has 0 aliphatic carbocycles. The molecule has 98 valence electrons. The lowest BCUT2D eigenvalue weighted by Crippen LogP contribution is -2.19. The Bertz CT molecular complexity index is 618. The molecule has 0 spiro atoms. The number of fused-ring (bicyclic) bond motifs is 1. The molecule has 1 aromatic carbocycles. The van der Waals surface area contributed by atoms with Crippen molar-refractivity contribution in [1.82, 2.24) is 9.78 Å². The predicted octanol–water partition coefficient (Wildman–Crippen LogP) is 2.03. The maximum absolute atomic E-state index is 12.2. The van der Waals surface area contributed by atoms with E-state index in [0.29, 0.717) is 5.69 Å². The summed E-state index contributed by atoms with van der Waals surface area (Å²) in [6.45, 7) is 0.950. The van der Waals surface area contributed by atoms with Crippen molar-refractivity contribution in [2.45, 2.75) is 12.8 Å². The molecule has 0 bridgehead atoms. The summed E-state index contributed by atoms with van der Waals surface area (Å²) in [7, 11) is 1.76. The molecule has 3 rings (SSSR count). The van der Waals surface area contributed by atoms with Crippen LogP contribution in [0.4, 0.5) is 11.4 Å². The molecule has 0 fully saturated rings.